The Morgan fingerprint density at radius 2 is 2.09 bits per heavy atom. The number of aromatic nitrogens is 2. The molecule has 0 radical (unpaired) electrons. The van der Waals surface area contributed by atoms with Gasteiger partial charge >= 0.3 is 0 Å². The Morgan fingerprint density at radius 3 is 2.78 bits per heavy atom. The summed E-state index contributed by atoms with van der Waals surface area (Å²) in [6.45, 7) is 0. The molecule has 3 rings (SSSR count). The smallest absolute Gasteiger partial charge is 0.295 e. The van der Waals surface area contributed by atoms with Crippen molar-refractivity contribution in [1.29, 1.82) is 0 Å². The van der Waals surface area contributed by atoms with Gasteiger partial charge in [0.2, 0.25) is 0 Å². The second kappa shape index (κ2) is 5.76. The summed E-state index contributed by atoms with van der Waals surface area (Å²) in [5.74, 6) is 0.844. The molecule has 0 saturated carbocycles. The van der Waals surface area contributed by atoms with Crippen molar-refractivity contribution in [3.05, 3.63) is 52.8 Å². The monoisotopic (exact) mass is 312 g/mol. The van der Waals surface area contributed by atoms with Gasteiger partial charge in [0.15, 0.2) is 5.52 Å². The molecule has 116 valence electrons. The zero-order valence-corrected chi connectivity index (χ0v) is 12.1. The third kappa shape index (κ3) is 2.69. The number of fused-ring (bicyclic) bond motifs is 1. The van der Waals surface area contributed by atoms with Crippen molar-refractivity contribution in [1.82, 2.24) is 9.97 Å². The summed E-state index contributed by atoms with van der Waals surface area (Å²) in [6.07, 6.45) is 1.23. The summed E-state index contributed by atoms with van der Waals surface area (Å²) < 4.78 is 5.02. The molecule has 0 unspecified atom stereocenters. The van der Waals surface area contributed by atoms with E-state index in [1.165, 1.54) is 25.6 Å². The van der Waals surface area contributed by atoms with Crippen molar-refractivity contribution in [2.24, 2.45) is 0 Å². The third-order valence-electron chi connectivity index (χ3n) is 3.30. The molecule has 23 heavy (non-hydrogen) atoms. The molecule has 0 aliphatic heterocycles. The second-order valence-corrected chi connectivity index (χ2v) is 4.66. The average Bonchev–Trinajstić information content (AvgIpc) is 2.56. The largest absolute Gasteiger partial charge is 0.506 e. The van der Waals surface area contributed by atoms with Crippen molar-refractivity contribution in [2.75, 3.05) is 12.4 Å². The van der Waals surface area contributed by atoms with Crippen LogP contribution in [0.3, 0.4) is 0 Å². The molecule has 8 heteroatoms. The number of anilines is 2. The minimum absolute atomic E-state index is 0.0263. The summed E-state index contributed by atoms with van der Waals surface area (Å²) in [4.78, 5) is 18.7. The number of rotatable bonds is 4. The lowest BCUT2D eigenvalue weighted by Crippen LogP contribution is -1.98. The van der Waals surface area contributed by atoms with Crippen LogP contribution >= 0.6 is 0 Å². The second-order valence-electron chi connectivity index (χ2n) is 4.66. The van der Waals surface area contributed by atoms with E-state index < -0.39 is 4.92 Å². The molecule has 1 heterocycles. The van der Waals surface area contributed by atoms with Gasteiger partial charge in [-0.25, -0.2) is 9.97 Å². The molecule has 2 aromatic carbocycles. The maximum Gasteiger partial charge on any atom is 0.295 e. The van der Waals surface area contributed by atoms with Gasteiger partial charge in [0, 0.05) is 12.1 Å². The Kier molecular flexibility index (Phi) is 3.63. The van der Waals surface area contributed by atoms with Crippen LogP contribution in [-0.4, -0.2) is 27.1 Å². The van der Waals surface area contributed by atoms with E-state index in [9.17, 15) is 15.2 Å². The predicted octanol–water partition coefficient (Wildman–Crippen LogP) is 3.00. The standard InChI is InChI=1S/C15H12N4O4/c1-23-9-5-6-11(13(20)7-9)18-15-10-3-2-4-12(19(21)22)14(10)16-8-17-15/h2-8,20H,1H3,(H,16,17,18). The lowest BCUT2D eigenvalue weighted by Gasteiger charge is -2.10. The number of phenols is 1. The maximum absolute atomic E-state index is 11.1. The summed E-state index contributed by atoms with van der Waals surface area (Å²) >= 11 is 0. The van der Waals surface area contributed by atoms with Crippen molar-refractivity contribution in [3.63, 3.8) is 0 Å². The van der Waals surface area contributed by atoms with Gasteiger partial charge in [-0.2, -0.15) is 0 Å². The van der Waals surface area contributed by atoms with Gasteiger partial charge in [-0.1, -0.05) is 6.07 Å². The first kappa shape index (κ1) is 14.5. The zero-order chi connectivity index (χ0) is 16.4. The third-order valence-corrected chi connectivity index (χ3v) is 3.30. The summed E-state index contributed by atoms with van der Waals surface area (Å²) in [6, 6.07) is 9.36. The number of non-ortho nitro benzene ring substituents is 1. The molecule has 2 N–H and O–H groups in total. The number of benzene rings is 2. The fraction of sp³-hybridized carbons (Fsp3) is 0.0667. The maximum atomic E-state index is 11.1. The number of aromatic hydroxyl groups is 1. The molecule has 0 aliphatic rings. The molecule has 0 atom stereocenters. The highest BCUT2D eigenvalue weighted by molar-refractivity contribution is 5.96. The highest BCUT2D eigenvalue weighted by Gasteiger charge is 2.16. The van der Waals surface area contributed by atoms with Crippen LogP contribution in [0, 0.1) is 10.1 Å². The molecular weight excluding hydrogens is 300 g/mol. The highest BCUT2D eigenvalue weighted by Crippen LogP contribution is 2.33. The van der Waals surface area contributed by atoms with E-state index in [0.717, 1.165) is 0 Å². The van der Waals surface area contributed by atoms with Crippen LogP contribution in [0.1, 0.15) is 0 Å². The van der Waals surface area contributed by atoms with E-state index in [1.54, 1.807) is 24.3 Å². The van der Waals surface area contributed by atoms with Gasteiger partial charge in [0.05, 0.1) is 23.1 Å². The van der Waals surface area contributed by atoms with Gasteiger partial charge in [-0.05, 0) is 18.2 Å². The predicted molar refractivity (Wildman–Crippen MR) is 84.1 cm³/mol. The van der Waals surface area contributed by atoms with Crippen molar-refractivity contribution in [2.45, 2.75) is 0 Å². The number of hydrogen-bond donors (Lipinski definition) is 2. The van der Waals surface area contributed by atoms with Crippen LogP contribution in [0.5, 0.6) is 11.5 Å². The number of methoxy groups -OCH3 is 1. The first-order valence-corrected chi connectivity index (χ1v) is 6.62. The molecular formula is C15H12N4O4. The molecule has 0 spiro atoms. The number of hydrogen-bond acceptors (Lipinski definition) is 7. The number of nitrogens with one attached hydrogen (secondary N) is 1. The Bertz CT molecular complexity index is 898. The molecule has 1 aromatic heterocycles. The summed E-state index contributed by atoms with van der Waals surface area (Å²) in [5.41, 5.74) is 0.521. The van der Waals surface area contributed by atoms with E-state index in [-0.39, 0.29) is 17.0 Å². The van der Waals surface area contributed by atoms with Gasteiger partial charge in [-0.15, -0.1) is 0 Å². The molecule has 0 bridgehead atoms. The van der Waals surface area contributed by atoms with Crippen LogP contribution in [0.4, 0.5) is 17.2 Å². The Hall–Kier alpha value is -3.42. The van der Waals surface area contributed by atoms with Gasteiger partial charge in [0.1, 0.15) is 23.6 Å². The van der Waals surface area contributed by atoms with E-state index in [4.69, 9.17) is 4.74 Å². The average molecular weight is 312 g/mol. The zero-order valence-electron chi connectivity index (χ0n) is 12.1. The lowest BCUT2D eigenvalue weighted by molar-refractivity contribution is -0.383. The highest BCUT2D eigenvalue weighted by atomic mass is 16.6. The summed E-state index contributed by atoms with van der Waals surface area (Å²) in [5, 5.41) is 24.5. The van der Waals surface area contributed by atoms with Crippen LogP contribution < -0.4 is 10.1 Å². The molecule has 0 saturated heterocycles. The van der Waals surface area contributed by atoms with Crippen LogP contribution in [-0.2, 0) is 0 Å². The quantitative estimate of drug-likeness (QED) is 0.433. The molecule has 0 fully saturated rings. The van der Waals surface area contributed by atoms with Gasteiger partial charge in [-0.3, -0.25) is 10.1 Å². The van der Waals surface area contributed by atoms with E-state index in [1.807, 2.05) is 0 Å². The number of phenolic OH excluding ortho intramolecular Hbond substituents is 1. The first-order chi connectivity index (χ1) is 11.1. The van der Waals surface area contributed by atoms with Crippen molar-refractivity contribution in [3.8, 4) is 11.5 Å². The number of ether oxygens (including phenoxy) is 1. The van der Waals surface area contributed by atoms with Crippen molar-refractivity contribution < 1.29 is 14.8 Å². The number of nitro benzene ring substituents is 1. The minimum atomic E-state index is -0.496. The fourth-order valence-electron chi connectivity index (χ4n) is 2.19. The van der Waals surface area contributed by atoms with E-state index in [2.05, 4.69) is 15.3 Å². The van der Waals surface area contributed by atoms with Gasteiger partial charge < -0.3 is 15.2 Å². The van der Waals surface area contributed by atoms with Crippen molar-refractivity contribution >= 4 is 28.1 Å². The minimum Gasteiger partial charge on any atom is -0.506 e. The molecule has 3 aromatic rings. The fourth-order valence-corrected chi connectivity index (χ4v) is 2.19. The normalized spacial score (nSPS) is 10.5. The van der Waals surface area contributed by atoms with Gasteiger partial charge in [0.25, 0.3) is 5.69 Å². The molecule has 0 aliphatic carbocycles. The lowest BCUT2D eigenvalue weighted by atomic mass is 10.2. The molecule has 0 amide bonds. The SMILES string of the molecule is COc1ccc(Nc2ncnc3c([N+](=O)[O-])cccc23)c(O)c1. The van der Waals surface area contributed by atoms with Crippen LogP contribution in [0.15, 0.2) is 42.7 Å². The van der Waals surface area contributed by atoms with E-state index >= 15 is 0 Å². The Morgan fingerprint density at radius 1 is 1.26 bits per heavy atom. The topological polar surface area (TPSA) is 110 Å². The summed E-state index contributed by atoms with van der Waals surface area (Å²) in [7, 11) is 1.50. The number of para-hydroxylation sites is 1. The van der Waals surface area contributed by atoms with E-state index in [0.29, 0.717) is 22.6 Å². The number of nitrogens with zero attached hydrogens (tertiary/aromatic N) is 3. The molecule has 8 nitrogen and oxygen atoms in total. The Labute approximate surface area is 130 Å². The number of nitro groups is 1. The Balaban J connectivity index is 2.07. The van der Waals surface area contributed by atoms with Crippen LogP contribution in [0.2, 0.25) is 0 Å². The van der Waals surface area contributed by atoms with Crippen LogP contribution in [0.25, 0.3) is 10.9 Å². The first-order valence-electron chi connectivity index (χ1n) is 6.62.